The van der Waals surface area contributed by atoms with E-state index in [-0.39, 0.29) is 30.3 Å². The first-order chi connectivity index (χ1) is 9.97. The van der Waals surface area contributed by atoms with Gasteiger partial charge in [0.05, 0.1) is 6.54 Å². The molecule has 0 aliphatic heterocycles. The SMILES string of the molecule is CC(C)C(=O)NCC(=O)NC(C)c1nc2ccccc2o1. The van der Waals surface area contributed by atoms with Crippen molar-refractivity contribution in [3.63, 3.8) is 0 Å². The first-order valence-electron chi connectivity index (χ1n) is 6.90. The Morgan fingerprint density at radius 3 is 2.62 bits per heavy atom. The molecule has 1 atom stereocenters. The van der Waals surface area contributed by atoms with Crippen molar-refractivity contribution >= 4 is 22.9 Å². The van der Waals surface area contributed by atoms with E-state index in [0.29, 0.717) is 11.5 Å². The molecule has 0 bridgehead atoms. The van der Waals surface area contributed by atoms with E-state index in [0.717, 1.165) is 5.52 Å². The highest BCUT2D eigenvalue weighted by Gasteiger charge is 2.16. The number of nitrogens with one attached hydrogen (secondary N) is 2. The van der Waals surface area contributed by atoms with Gasteiger partial charge in [0.1, 0.15) is 11.6 Å². The van der Waals surface area contributed by atoms with Gasteiger partial charge in [0, 0.05) is 5.92 Å². The van der Waals surface area contributed by atoms with Gasteiger partial charge in [-0.05, 0) is 19.1 Å². The van der Waals surface area contributed by atoms with E-state index in [4.69, 9.17) is 4.42 Å². The molecule has 0 saturated heterocycles. The second kappa shape index (κ2) is 6.39. The fourth-order valence-corrected chi connectivity index (χ4v) is 1.80. The van der Waals surface area contributed by atoms with Crippen molar-refractivity contribution in [3.05, 3.63) is 30.2 Å². The maximum absolute atomic E-state index is 11.8. The summed E-state index contributed by atoms with van der Waals surface area (Å²) in [5, 5.41) is 5.30. The summed E-state index contributed by atoms with van der Waals surface area (Å²) in [6.07, 6.45) is 0. The van der Waals surface area contributed by atoms with E-state index in [2.05, 4.69) is 15.6 Å². The summed E-state index contributed by atoms with van der Waals surface area (Å²) >= 11 is 0. The van der Waals surface area contributed by atoms with Crippen molar-refractivity contribution in [2.75, 3.05) is 6.54 Å². The smallest absolute Gasteiger partial charge is 0.240 e. The average molecular weight is 289 g/mol. The number of aromatic nitrogens is 1. The number of carbonyl (C=O) groups excluding carboxylic acids is 2. The molecule has 1 aromatic heterocycles. The fourth-order valence-electron chi connectivity index (χ4n) is 1.80. The van der Waals surface area contributed by atoms with Gasteiger partial charge in [-0.1, -0.05) is 26.0 Å². The highest BCUT2D eigenvalue weighted by molar-refractivity contribution is 5.85. The second-order valence-corrected chi connectivity index (χ2v) is 5.18. The minimum atomic E-state index is -0.360. The topological polar surface area (TPSA) is 84.2 Å². The zero-order chi connectivity index (χ0) is 15.4. The molecule has 2 aromatic rings. The van der Waals surface area contributed by atoms with Crippen LogP contribution in [0, 0.1) is 5.92 Å². The van der Waals surface area contributed by atoms with Crippen LogP contribution in [0.4, 0.5) is 0 Å². The molecule has 0 spiro atoms. The van der Waals surface area contributed by atoms with Crippen molar-refractivity contribution < 1.29 is 14.0 Å². The number of fused-ring (bicyclic) bond motifs is 1. The third-order valence-corrected chi connectivity index (χ3v) is 3.01. The van der Waals surface area contributed by atoms with Crippen LogP contribution in [0.25, 0.3) is 11.1 Å². The maximum Gasteiger partial charge on any atom is 0.240 e. The summed E-state index contributed by atoms with van der Waals surface area (Å²) in [6, 6.07) is 7.05. The van der Waals surface area contributed by atoms with E-state index in [1.165, 1.54) is 0 Å². The van der Waals surface area contributed by atoms with Gasteiger partial charge < -0.3 is 15.1 Å². The number of oxazole rings is 1. The lowest BCUT2D eigenvalue weighted by molar-refractivity contribution is -0.128. The van der Waals surface area contributed by atoms with Crippen LogP contribution in [0.15, 0.2) is 28.7 Å². The van der Waals surface area contributed by atoms with Crippen LogP contribution >= 0.6 is 0 Å². The van der Waals surface area contributed by atoms with Crippen molar-refractivity contribution in [1.29, 1.82) is 0 Å². The molecule has 0 saturated carbocycles. The Hall–Kier alpha value is -2.37. The quantitative estimate of drug-likeness (QED) is 0.878. The molecule has 2 N–H and O–H groups in total. The normalized spacial score (nSPS) is 12.4. The van der Waals surface area contributed by atoms with Gasteiger partial charge in [-0.3, -0.25) is 9.59 Å². The number of hydrogen-bond donors (Lipinski definition) is 2. The van der Waals surface area contributed by atoms with Crippen LogP contribution in [0.5, 0.6) is 0 Å². The van der Waals surface area contributed by atoms with E-state index in [1.807, 2.05) is 24.3 Å². The van der Waals surface area contributed by atoms with Crippen molar-refractivity contribution in [2.24, 2.45) is 5.92 Å². The van der Waals surface area contributed by atoms with Gasteiger partial charge in [-0.15, -0.1) is 0 Å². The van der Waals surface area contributed by atoms with Crippen LogP contribution in [-0.2, 0) is 9.59 Å². The standard InChI is InChI=1S/C15H19N3O3/c1-9(2)14(20)16-8-13(19)17-10(3)15-18-11-6-4-5-7-12(11)21-15/h4-7,9-10H,8H2,1-3H3,(H,16,20)(H,17,19). The minimum Gasteiger partial charge on any atom is -0.438 e. The van der Waals surface area contributed by atoms with E-state index < -0.39 is 0 Å². The van der Waals surface area contributed by atoms with Gasteiger partial charge in [0.25, 0.3) is 0 Å². The summed E-state index contributed by atoms with van der Waals surface area (Å²) in [5.74, 6) is -0.134. The summed E-state index contributed by atoms with van der Waals surface area (Å²) in [6.45, 7) is 5.27. The molecule has 0 fully saturated rings. The van der Waals surface area contributed by atoms with Crippen molar-refractivity contribution in [2.45, 2.75) is 26.8 Å². The molecule has 6 heteroatoms. The van der Waals surface area contributed by atoms with Crippen molar-refractivity contribution in [1.82, 2.24) is 15.6 Å². The van der Waals surface area contributed by atoms with Crippen LogP contribution in [-0.4, -0.2) is 23.3 Å². The third kappa shape index (κ3) is 3.81. The third-order valence-electron chi connectivity index (χ3n) is 3.01. The minimum absolute atomic E-state index is 0.0540. The molecule has 1 heterocycles. The monoisotopic (exact) mass is 289 g/mol. The van der Waals surface area contributed by atoms with Crippen LogP contribution in [0.3, 0.4) is 0 Å². The number of para-hydroxylation sites is 2. The van der Waals surface area contributed by atoms with E-state index in [9.17, 15) is 9.59 Å². The van der Waals surface area contributed by atoms with Crippen molar-refractivity contribution in [3.8, 4) is 0 Å². The van der Waals surface area contributed by atoms with Crippen LogP contribution < -0.4 is 10.6 Å². The molecule has 6 nitrogen and oxygen atoms in total. The molecule has 0 aliphatic carbocycles. The van der Waals surface area contributed by atoms with Gasteiger partial charge in [-0.25, -0.2) is 4.98 Å². The number of rotatable bonds is 5. The molecule has 0 radical (unpaired) electrons. The number of carbonyl (C=O) groups is 2. The zero-order valence-electron chi connectivity index (χ0n) is 12.3. The molecule has 21 heavy (non-hydrogen) atoms. The van der Waals surface area contributed by atoms with Gasteiger partial charge in [0.2, 0.25) is 17.7 Å². The Kier molecular flexibility index (Phi) is 4.57. The largest absolute Gasteiger partial charge is 0.438 e. The molecule has 0 aliphatic rings. The molecular weight excluding hydrogens is 270 g/mol. The number of amides is 2. The van der Waals surface area contributed by atoms with Gasteiger partial charge in [0.15, 0.2) is 5.58 Å². The Balaban J connectivity index is 1.93. The zero-order valence-corrected chi connectivity index (χ0v) is 12.3. The Labute approximate surface area is 122 Å². The first-order valence-corrected chi connectivity index (χ1v) is 6.90. The molecule has 1 aromatic carbocycles. The second-order valence-electron chi connectivity index (χ2n) is 5.18. The Morgan fingerprint density at radius 1 is 1.24 bits per heavy atom. The summed E-state index contributed by atoms with van der Waals surface area (Å²) in [4.78, 5) is 27.5. The first kappa shape index (κ1) is 15.0. The predicted molar refractivity (Wildman–Crippen MR) is 78.4 cm³/mol. The fraction of sp³-hybridized carbons (Fsp3) is 0.400. The van der Waals surface area contributed by atoms with Crippen LogP contribution in [0.2, 0.25) is 0 Å². The maximum atomic E-state index is 11.8. The summed E-state index contributed by atoms with van der Waals surface area (Å²) < 4.78 is 5.58. The number of nitrogens with zero attached hydrogens (tertiary/aromatic N) is 1. The Morgan fingerprint density at radius 2 is 1.95 bits per heavy atom. The highest BCUT2D eigenvalue weighted by atomic mass is 16.3. The predicted octanol–water partition coefficient (Wildman–Crippen LogP) is 1.78. The lowest BCUT2D eigenvalue weighted by Crippen LogP contribution is -2.39. The van der Waals surface area contributed by atoms with E-state index in [1.54, 1.807) is 20.8 Å². The summed E-state index contributed by atoms with van der Waals surface area (Å²) in [5.41, 5.74) is 1.43. The molecule has 2 amide bonds. The molecule has 112 valence electrons. The summed E-state index contributed by atoms with van der Waals surface area (Å²) in [7, 11) is 0. The molecule has 2 rings (SSSR count). The van der Waals surface area contributed by atoms with Gasteiger partial charge >= 0.3 is 0 Å². The molecular formula is C15H19N3O3. The highest BCUT2D eigenvalue weighted by Crippen LogP contribution is 2.19. The Bertz CT molecular complexity index is 615. The lowest BCUT2D eigenvalue weighted by atomic mass is 10.2. The lowest BCUT2D eigenvalue weighted by Gasteiger charge is -2.11. The molecule has 1 unspecified atom stereocenters. The number of hydrogen-bond acceptors (Lipinski definition) is 4. The van der Waals surface area contributed by atoms with Crippen LogP contribution in [0.1, 0.15) is 32.7 Å². The number of benzene rings is 1. The average Bonchev–Trinajstić information content (AvgIpc) is 2.88. The van der Waals surface area contributed by atoms with E-state index >= 15 is 0 Å². The van der Waals surface area contributed by atoms with Gasteiger partial charge in [-0.2, -0.15) is 0 Å².